The van der Waals surface area contributed by atoms with Gasteiger partial charge in [-0.25, -0.2) is 0 Å². The van der Waals surface area contributed by atoms with E-state index in [0.29, 0.717) is 38.0 Å². The van der Waals surface area contributed by atoms with Gasteiger partial charge in [0.15, 0.2) is 0 Å². The number of carbonyl (C=O) groups excluding carboxylic acids is 1. The average Bonchev–Trinajstić information content (AvgIpc) is 2.86. The predicted molar refractivity (Wildman–Crippen MR) is 71.8 cm³/mol. The van der Waals surface area contributed by atoms with Crippen LogP contribution in [0.5, 0.6) is 0 Å². The fourth-order valence-electron chi connectivity index (χ4n) is 2.39. The van der Waals surface area contributed by atoms with Crippen LogP contribution in [0.2, 0.25) is 0 Å². The SMILES string of the molecule is CC(C)C(CCNC(=O)C1CCOC1)CCC(=O)O. The second kappa shape index (κ2) is 8.15. The van der Waals surface area contributed by atoms with E-state index in [9.17, 15) is 9.59 Å². The maximum Gasteiger partial charge on any atom is 0.303 e. The maximum absolute atomic E-state index is 11.8. The van der Waals surface area contributed by atoms with Gasteiger partial charge in [-0.15, -0.1) is 0 Å². The molecule has 0 aromatic heterocycles. The molecule has 0 aromatic rings. The summed E-state index contributed by atoms with van der Waals surface area (Å²) in [4.78, 5) is 22.4. The van der Waals surface area contributed by atoms with Gasteiger partial charge in [0, 0.05) is 19.6 Å². The normalized spacial score (nSPS) is 20.5. The number of amides is 1. The van der Waals surface area contributed by atoms with Crippen molar-refractivity contribution in [3.05, 3.63) is 0 Å². The Morgan fingerprint density at radius 2 is 2.11 bits per heavy atom. The van der Waals surface area contributed by atoms with Crippen LogP contribution in [0.4, 0.5) is 0 Å². The molecule has 1 rings (SSSR count). The molecule has 0 saturated carbocycles. The Morgan fingerprint density at radius 1 is 1.37 bits per heavy atom. The highest BCUT2D eigenvalue weighted by molar-refractivity contribution is 5.78. The molecule has 2 atom stereocenters. The number of carbonyl (C=O) groups is 2. The Morgan fingerprint density at radius 3 is 2.63 bits per heavy atom. The van der Waals surface area contributed by atoms with Gasteiger partial charge in [-0.3, -0.25) is 9.59 Å². The number of aliphatic carboxylic acids is 1. The minimum Gasteiger partial charge on any atom is -0.481 e. The van der Waals surface area contributed by atoms with Crippen molar-refractivity contribution in [2.24, 2.45) is 17.8 Å². The van der Waals surface area contributed by atoms with Gasteiger partial charge in [0.25, 0.3) is 0 Å². The molecule has 0 aliphatic carbocycles. The van der Waals surface area contributed by atoms with Crippen molar-refractivity contribution in [2.45, 2.75) is 39.5 Å². The van der Waals surface area contributed by atoms with Crippen LogP contribution >= 0.6 is 0 Å². The van der Waals surface area contributed by atoms with E-state index in [-0.39, 0.29) is 18.2 Å². The van der Waals surface area contributed by atoms with E-state index in [0.717, 1.165) is 12.8 Å². The van der Waals surface area contributed by atoms with Crippen LogP contribution in [0.15, 0.2) is 0 Å². The summed E-state index contributed by atoms with van der Waals surface area (Å²) < 4.78 is 5.18. The first kappa shape index (κ1) is 16.0. The van der Waals surface area contributed by atoms with Crippen LogP contribution in [-0.4, -0.2) is 36.7 Å². The Bertz CT molecular complexity index is 298. The molecular weight excluding hydrogens is 246 g/mol. The molecule has 2 N–H and O–H groups in total. The summed E-state index contributed by atoms with van der Waals surface area (Å²) in [5, 5.41) is 11.6. The van der Waals surface area contributed by atoms with E-state index in [4.69, 9.17) is 9.84 Å². The van der Waals surface area contributed by atoms with Crippen LogP contribution in [-0.2, 0) is 14.3 Å². The van der Waals surface area contributed by atoms with Crippen molar-refractivity contribution < 1.29 is 19.4 Å². The van der Waals surface area contributed by atoms with E-state index in [1.165, 1.54) is 0 Å². The highest BCUT2D eigenvalue weighted by atomic mass is 16.5. The minimum absolute atomic E-state index is 0.00322. The van der Waals surface area contributed by atoms with Crippen LogP contribution in [0.1, 0.15) is 39.5 Å². The van der Waals surface area contributed by atoms with Crippen molar-refractivity contribution in [2.75, 3.05) is 19.8 Å². The van der Waals surface area contributed by atoms with E-state index in [2.05, 4.69) is 19.2 Å². The third-order valence-electron chi connectivity index (χ3n) is 3.79. The van der Waals surface area contributed by atoms with Gasteiger partial charge >= 0.3 is 5.97 Å². The quantitative estimate of drug-likeness (QED) is 0.704. The van der Waals surface area contributed by atoms with E-state index >= 15 is 0 Å². The number of carboxylic acid groups (broad SMARTS) is 1. The van der Waals surface area contributed by atoms with Gasteiger partial charge < -0.3 is 15.2 Å². The van der Waals surface area contributed by atoms with E-state index < -0.39 is 5.97 Å². The zero-order chi connectivity index (χ0) is 14.3. The van der Waals surface area contributed by atoms with Gasteiger partial charge in [-0.2, -0.15) is 0 Å². The van der Waals surface area contributed by atoms with Crippen molar-refractivity contribution in [3.8, 4) is 0 Å². The fraction of sp³-hybridized carbons (Fsp3) is 0.857. The monoisotopic (exact) mass is 271 g/mol. The second-order valence-electron chi connectivity index (χ2n) is 5.58. The third-order valence-corrected chi connectivity index (χ3v) is 3.79. The summed E-state index contributed by atoms with van der Waals surface area (Å²) in [6, 6.07) is 0. The molecular formula is C14H25NO4. The van der Waals surface area contributed by atoms with Crippen molar-refractivity contribution in [1.82, 2.24) is 5.32 Å². The lowest BCUT2D eigenvalue weighted by Crippen LogP contribution is -2.33. The Kier molecular flexibility index (Phi) is 6.84. The van der Waals surface area contributed by atoms with Gasteiger partial charge in [-0.05, 0) is 31.1 Å². The molecule has 1 heterocycles. The minimum atomic E-state index is -0.752. The second-order valence-corrected chi connectivity index (χ2v) is 5.58. The van der Waals surface area contributed by atoms with E-state index in [1.54, 1.807) is 0 Å². The number of nitrogens with one attached hydrogen (secondary N) is 1. The van der Waals surface area contributed by atoms with Crippen LogP contribution in [0.3, 0.4) is 0 Å². The molecule has 19 heavy (non-hydrogen) atoms. The molecule has 1 fully saturated rings. The largest absolute Gasteiger partial charge is 0.481 e. The lowest BCUT2D eigenvalue weighted by atomic mass is 9.88. The first-order valence-electron chi connectivity index (χ1n) is 7.08. The number of hydrogen-bond donors (Lipinski definition) is 2. The fourth-order valence-corrected chi connectivity index (χ4v) is 2.39. The lowest BCUT2D eigenvalue weighted by Gasteiger charge is -2.20. The smallest absolute Gasteiger partial charge is 0.303 e. The van der Waals surface area contributed by atoms with Gasteiger partial charge in [-0.1, -0.05) is 13.8 Å². The molecule has 110 valence electrons. The van der Waals surface area contributed by atoms with Gasteiger partial charge in [0.2, 0.25) is 5.91 Å². The maximum atomic E-state index is 11.8. The molecule has 0 radical (unpaired) electrons. The zero-order valence-corrected chi connectivity index (χ0v) is 11.9. The summed E-state index contributed by atoms with van der Waals surface area (Å²) in [7, 11) is 0. The first-order chi connectivity index (χ1) is 9.00. The summed E-state index contributed by atoms with van der Waals surface area (Å²) in [5.74, 6) is 0.0924. The average molecular weight is 271 g/mol. The number of rotatable bonds is 8. The Balaban J connectivity index is 2.23. The van der Waals surface area contributed by atoms with Crippen molar-refractivity contribution in [3.63, 3.8) is 0 Å². The van der Waals surface area contributed by atoms with Crippen molar-refractivity contribution in [1.29, 1.82) is 0 Å². The van der Waals surface area contributed by atoms with E-state index in [1.807, 2.05) is 0 Å². The topological polar surface area (TPSA) is 75.6 Å². The number of ether oxygens (including phenoxy) is 1. The number of hydrogen-bond acceptors (Lipinski definition) is 3. The van der Waals surface area contributed by atoms with Gasteiger partial charge in [0.1, 0.15) is 0 Å². The standard InChI is InChI=1S/C14H25NO4/c1-10(2)11(3-4-13(16)17)5-7-15-14(18)12-6-8-19-9-12/h10-12H,3-9H2,1-2H3,(H,15,18)(H,16,17). The van der Waals surface area contributed by atoms with Gasteiger partial charge in [0.05, 0.1) is 12.5 Å². The molecule has 1 saturated heterocycles. The molecule has 5 nitrogen and oxygen atoms in total. The highest BCUT2D eigenvalue weighted by Gasteiger charge is 2.23. The summed E-state index contributed by atoms with van der Waals surface area (Å²) in [6.45, 7) is 6.01. The third kappa shape index (κ3) is 6.05. The molecule has 1 aliphatic rings. The molecule has 1 aliphatic heterocycles. The predicted octanol–water partition coefficient (Wildman–Crippen LogP) is 1.67. The summed E-state index contributed by atoms with van der Waals surface area (Å²) in [5.41, 5.74) is 0. The molecule has 0 aromatic carbocycles. The highest BCUT2D eigenvalue weighted by Crippen LogP contribution is 2.20. The molecule has 0 spiro atoms. The first-order valence-corrected chi connectivity index (χ1v) is 7.08. The lowest BCUT2D eigenvalue weighted by molar-refractivity contribution is -0.137. The molecule has 0 bridgehead atoms. The Labute approximate surface area is 114 Å². The van der Waals surface area contributed by atoms with Crippen LogP contribution in [0.25, 0.3) is 0 Å². The Hall–Kier alpha value is -1.10. The summed E-state index contributed by atoms with van der Waals surface area (Å²) >= 11 is 0. The molecule has 2 unspecified atom stereocenters. The molecule has 1 amide bonds. The summed E-state index contributed by atoms with van der Waals surface area (Å²) in [6.07, 6.45) is 2.52. The van der Waals surface area contributed by atoms with Crippen molar-refractivity contribution >= 4 is 11.9 Å². The van der Waals surface area contributed by atoms with Crippen LogP contribution in [0, 0.1) is 17.8 Å². The molecule has 5 heteroatoms. The van der Waals surface area contributed by atoms with Crippen LogP contribution < -0.4 is 5.32 Å². The number of carboxylic acids is 1. The zero-order valence-electron chi connectivity index (χ0n) is 11.9.